The molecule has 1 atom stereocenters. The average Bonchev–Trinajstić information content (AvgIpc) is 3.08. The number of carbonyl (C=O) groups is 1. The van der Waals surface area contributed by atoms with E-state index in [9.17, 15) is 4.79 Å². The molecule has 1 heterocycles. The number of tetrazole rings is 1. The van der Waals surface area contributed by atoms with E-state index >= 15 is 0 Å². The maximum Gasteiger partial charge on any atom is 0.265 e. The molecular weight excluding hydrogens is 365 g/mol. The lowest BCUT2D eigenvalue weighted by atomic mass is 10.2. The Morgan fingerprint density at radius 2 is 1.96 bits per heavy atom. The van der Waals surface area contributed by atoms with Crippen molar-refractivity contribution < 1.29 is 9.53 Å². The molecule has 0 aliphatic carbocycles. The molecule has 128 valence electrons. The zero-order valence-electron chi connectivity index (χ0n) is 13.1. The molecular formula is C16H13Cl2N5O2. The molecule has 25 heavy (non-hydrogen) atoms. The molecule has 0 aliphatic rings. The topological polar surface area (TPSA) is 81.9 Å². The molecule has 2 aromatic carbocycles. The van der Waals surface area contributed by atoms with Crippen molar-refractivity contribution >= 4 is 34.8 Å². The van der Waals surface area contributed by atoms with E-state index in [0.717, 1.165) is 5.69 Å². The SMILES string of the molecule is C[C@H](Oc1cccc(-n2cnnn2)c1)C(=O)Nc1cc(Cl)cc(Cl)c1. The third-order valence-corrected chi connectivity index (χ3v) is 3.68. The standard InChI is InChI=1S/C16H13Cl2N5O2/c1-10(16(24)20-13-6-11(17)5-12(18)7-13)25-15-4-2-3-14(8-15)23-9-19-21-22-23/h2-10H,1H3,(H,20,24)/t10-/m0/s1. The molecule has 1 N–H and O–H groups in total. The summed E-state index contributed by atoms with van der Waals surface area (Å²) in [4.78, 5) is 12.3. The number of carbonyl (C=O) groups excluding carboxylic acids is 1. The summed E-state index contributed by atoms with van der Waals surface area (Å²) < 4.78 is 7.18. The number of nitrogens with one attached hydrogen (secondary N) is 1. The highest BCUT2D eigenvalue weighted by atomic mass is 35.5. The maximum absolute atomic E-state index is 12.3. The van der Waals surface area contributed by atoms with Crippen molar-refractivity contribution in [3.63, 3.8) is 0 Å². The van der Waals surface area contributed by atoms with Crippen molar-refractivity contribution in [2.24, 2.45) is 0 Å². The van der Waals surface area contributed by atoms with Gasteiger partial charge in [-0.15, -0.1) is 5.10 Å². The van der Waals surface area contributed by atoms with E-state index in [-0.39, 0.29) is 5.91 Å². The quantitative estimate of drug-likeness (QED) is 0.736. The summed E-state index contributed by atoms with van der Waals surface area (Å²) in [5.41, 5.74) is 1.22. The molecule has 0 fully saturated rings. The fraction of sp³-hybridized carbons (Fsp3) is 0.125. The number of amides is 1. The second-order valence-electron chi connectivity index (χ2n) is 5.16. The molecule has 0 radical (unpaired) electrons. The number of halogens is 2. The fourth-order valence-electron chi connectivity index (χ4n) is 2.11. The van der Waals surface area contributed by atoms with Crippen molar-refractivity contribution in [1.82, 2.24) is 20.2 Å². The van der Waals surface area contributed by atoms with Crippen LogP contribution in [0.5, 0.6) is 5.75 Å². The van der Waals surface area contributed by atoms with Crippen molar-refractivity contribution in [2.75, 3.05) is 5.32 Å². The van der Waals surface area contributed by atoms with Crippen LogP contribution in [0.4, 0.5) is 5.69 Å². The lowest BCUT2D eigenvalue weighted by Gasteiger charge is -2.15. The fourth-order valence-corrected chi connectivity index (χ4v) is 2.63. The Morgan fingerprint density at radius 3 is 2.64 bits per heavy atom. The van der Waals surface area contributed by atoms with Gasteiger partial charge in [0.05, 0.1) is 5.69 Å². The first kappa shape index (κ1) is 17.2. The van der Waals surface area contributed by atoms with Gasteiger partial charge in [0.1, 0.15) is 12.1 Å². The van der Waals surface area contributed by atoms with Crippen LogP contribution in [0, 0.1) is 0 Å². The van der Waals surface area contributed by atoms with Gasteiger partial charge in [-0.2, -0.15) is 0 Å². The predicted octanol–water partition coefficient (Wildman–Crippen LogP) is 3.38. The first-order chi connectivity index (χ1) is 12.0. The number of rotatable bonds is 5. The largest absolute Gasteiger partial charge is 0.481 e. The van der Waals surface area contributed by atoms with Crippen LogP contribution in [-0.4, -0.2) is 32.2 Å². The average molecular weight is 378 g/mol. The highest BCUT2D eigenvalue weighted by Crippen LogP contribution is 2.23. The lowest BCUT2D eigenvalue weighted by molar-refractivity contribution is -0.122. The Labute approximate surface area is 153 Å². The highest BCUT2D eigenvalue weighted by molar-refractivity contribution is 6.35. The van der Waals surface area contributed by atoms with E-state index in [4.69, 9.17) is 27.9 Å². The molecule has 0 saturated carbocycles. The normalized spacial score (nSPS) is 11.8. The Hall–Kier alpha value is -2.64. The smallest absolute Gasteiger partial charge is 0.265 e. The number of hydrogen-bond donors (Lipinski definition) is 1. The van der Waals surface area contributed by atoms with E-state index in [1.54, 1.807) is 43.3 Å². The van der Waals surface area contributed by atoms with Crippen LogP contribution >= 0.6 is 23.2 Å². The Kier molecular flexibility index (Phi) is 5.16. The van der Waals surface area contributed by atoms with Crippen molar-refractivity contribution in [3.05, 3.63) is 58.8 Å². The van der Waals surface area contributed by atoms with Gasteiger partial charge in [0, 0.05) is 21.8 Å². The number of aromatic nitrogens is 4. The molecule has 7 nitrogen and oxygen atoms in total. The minimum atomic E-state index is -0.734. The van der Waals surface area contributed by atoms with Gasteiger partial charge in [-0.25, -0.2) is 4.68 Å². The minimum absolute atomic E-state index is 0.328. The predicted molar refractivity (Wildman–Crippen MR) is 94.3 cm³/mol. The maximum atomic E-state index is 12.3. The summed E-state index contributed by atoms with van der Waals surface area (Å²) in [5.74, 6) is 0.186. The summed E-state index contributed by atoms with van der Waals surface area (Å²) in [6.07, 6.45) is 0.736. The van der Waals surface area contributed by atoms with E-state index in [2.05, 4.69) is 20.8 Å². The Bertz CT molecular complexity index is 866. The van der Waals surface area contributed by atoms with Crippen LogP contribution < -0.4 is 10.1 Å². The zero-order chi connectivity index (χ0) is 17.8. The molecule has 3 rings (SSSR count). The number of nitrogens with zero attached hydrogens (tertiary/aromatic N) is 4. The number of hydrogen-bond acceptors (Lipinski definition) is 5. The molecule has 0 unspecified atom stereocenters. The first-order valence-electron chi connectivity index (χ1n) is 7.28. The lowest BCUT2D eigenvalue weighted by Crippen LogP contribution is -2.30. The van der Waals surface area contributed by atoms with Gasteiger partial charge in [-0.05, 0) is 47.7 Å². The Morgan fingerprint density at radius 1 is 1.20 bits per heavy atom. The third kappa shape index (κ3) is 4.46. The second-order valence-corrected chi connectivity index (χ2v) is 6.03. The third-order valence-electron chi connectivity index (χ3n) is 3.24. The molecule has 0 spiro atoms. The summed E-state index contributed by atoms with van der Waals surface area (Å²) in [7, 11) is 0. The number of benzene rings is 2. The van der Waals surface area contributed by atoms with E-state index in [1.165, 1.54) is 11.0 Å². The van der Waals surface area contributed by atoms with Gasteiger partial charge in [0.2, 0.25) is 0 Å². The monoisotopic (exact) mass is 377 g/mol. The van der Waals surface area contributed by atoms with Crippen LogP contribution in [0.25, 0.3) is 5.69 Å². The second kappa shape index (κ2) is 7.50. The van der Waals surface area contributed by atoms with Crippen LogP contribution in [0.1, 0.15) is 6.92 Å². The van der Waals surface area contributed by atoms with Crippen LogP contribution in [0.2, 0.25) is 10.0 Å². The molecule has 1 amide bonds. The van der Waals surface area contributed by atoms with Crippen molar-refractivity contribution in [2.45, 2.75) is 13.0 Å². The molecule has 9 heteroatoms. The molecule has 3 aromatic rings. The Balaban J connectivity index is 1.68. The van der Waals surface area contributed by atoms with E-state index in [1.807, 2.05) is 6.07 Å². The molecule has 0 saturated heterocycles. The van der Waals surface area contributed by atoms with Crippen LogP contribution in [0.15, 0.2) is 48.8 Å². The number of anilines is 1. The molecule has 0 aliphatic heterocycles. The van der Waals surface area contributed by atoms with Crippen LogP contribution in [0.3, 0.4) is 0 Å². The van der Waals surface area contributed by atoms with Gasteiger partial charge >= 0.3 is 0 Å². The van der Waals surface area contributed by atoms with Crippen molar-refractivity contribution in [1.29, 1.82) is 0 Å². The van der Waals surface area contributed by atoms with Gasteiger partial charge in [0.25, 0.3) is 5.91 Å². The molecule has 0 bridgehead atoms. The van der Waals surface area contributed by atoms with Gasteiger partial charge in [-0.1, -0.05) is 29.3 Å². The first-order valence-corrected chi connectivity index (χ1v) is 8.04. The zero-order valence-corrected chi connectivity index (χ0v) is 14.6. The van der Waals surface area contributed by atoms with Crippen molar-refractivity contribution in [3.8, 4) is 11.4 Å². The van der Waals surface area contributed by atoms with Crippen LogP contribution in [-0.2, 0) is 4.79 Å². The summed E-state index contributed by atoms with van der Waals surface area (Å²) in [6, 6.07) is 11.9. The minimum Gasteiger partial charge on any atom is -0.481 e. The van der Waals surface area contributed by atoms with Gasteiger partial charge in [-0.3, -0.25) is 4.79 Å². The van der Waals surface area contributed by atoms with E-state index in [0.29, 0.717) is 21.5 Å². The summed E-state index contributed by atoms with van der Waals surface area (Å²) in [5, 5.41) is 14.6. The van der Waals surface area contributed by atoms with Gasteiger partial charge < -0.3 is 10.1 Å². The van der Waals surface area contributed by atoms with E-state index < -0.39 is 6.10 Å². The summed E-state index contributed by atoms with van der Waals surface area (Å²) in [6.45, 7) is 1.64. The summed E-state index contributed by atoms with van der Waals surface area (Å²) >= 11 is 11.8. The number of ether oxygens (including phenoxy) is 1. The highest BCUT2D eigenvalue weighted by Gasteiger charge is 2.16. The molecule has 1 aromatic heterocycles. The van der Waals surface area contributed by atoms with Gasteiger partial charge in [0.15, 0.2) is 6.10 Å².